The molecule has 1 aliphatic rings. The fourth-order valence-corrected chi connectivity index (χ4v) is 3.46. The van der Waals surface area contributed by atoms with Crippen molar-refractivity contribution in [3.8, 4) is 0 Å². The molecule has 2 atom stereocenters. The Hall–Kier alpha value is -2.44. The molecule has 0 radical (unpaired) electrons. The molecule has 0 fully saturated rings. The molecule has 0 saturated carbocycles. The molecule has 5 nitrogen and oxygen atoms in total. The van der Waals surface area contributed by atoms with E-state index < -0.39 is 16.7 Å². The molecular formula is C20H21NO4S. The molecule has 0 aromatic heterocycles. The number of hydrogen-bond donors (Lipinski definition) is 2. The van der Waals surface area contributed by atoms with Gasteiger partial charge in [-0.3, -0.25) is 4.79 Å². The van der Waals surface area contributed by atoms with Crippen LogP contribution in [0.15, 0.2) is 48.5 Å². The number of ether oxygens (including phenoxy) is 1. The van der Waals surface area contributed by atoms with Crippen LogP contribution < -0.4 is 5.73 Å². The highest BCUT2D eigenvalue weighted by molar-refractivity contribution is 7.78. The lowest BCUT2D eigenvalue weighted by atomic mass is 9.90. The summed E-state index contributed by atoms with van der Waals surface area (Å²) in [7, 11) is 0. The monoisotopic (exact) mass is 371 g/mol. The number of benzene rings is 2. The van der Waals surface area contributed by atoms with Gasteiger partial charge < -0.3 is 15.0 Å². The molecule has 0 aliphatic carbocycles. The third-order valence-corrected chi connectivity index (χ3v) is 5.20. The molecule has 136 valence electrons. The van der Waals surface area contributed by atoms with Gasteiger partial charge in [0.2, 0.25) is 5.78 Å². The Morgan fingerprint density at radius 2 is 1.85 bits per heavy atom. The van der Waals surface area contributed by atoms with Crippen molar-refractivity contribution in [1.29, 1.82) is 0 Å². The molecule has 6 heteroatoms. The summed E-state index contributed by atoms with van der Waals surface area (Å²) in [6, 6.07) is 14.3. The van der Waals surface area contributed by atoms with Gasteiger partial charge in [0.05, 0.1) is 11.3 Å². The van der Waals surface area contributed by atoms with Gasteiger partial charge in [-0.25, -0.2) is 4.21 Å². The predicted molar refractivity (Wildman–Crippen MR) is 103 cm³/mol. The molecule has 0 bridgehead atoms. The lowest BCUT2D eigenvalue weighted by molar-refractivity contribution is -0.126. The standard InChI is InChI=1S/C20H21NO4S/c1-3-20(2)19(22)17(15-5-4-6-16(21)11-15)18(25-20)14-9-7-13(8-10-14)12-26(23)24/h4-11H,3,12,21H2,1-2H3,(H,23,24). The van der Waals surface area contributed by atoms with Crippen molar-refractivity contribution in [2.45, 2.75) is 31.6 Å². The third-order valence-electron chi connectivity index (χ3n) is 4.62. The van der Waals surface area contributed by atoms with Crippen molar-refractivity contribution in [3.05, 3.63) is 65.2 Å². The van der Waals surface area contributed by atoms with Crippen LogP contribution in [0, 0.1) is 0 Å². The summed E-state index contributed by atoms with van der Waals surface area (Å²) in [5.74, 6) is 0.510. The fourth-order valence-electron chi connectivity index (χ4n) is 2.98. The van der Waals surface area contributed by atoms with Crippen molar-refractivity contribution >= 4 is 33.9 Å². The summed E-state index contributed by atoms with van der Waals surface area (Å²) in [6.07, 6.45) is 0.544. The second-order valence-electron chi connectivity index (χ2n) is 6.51. The van der Waals surface area contributed by atoms with Gasteiger partial charge in [0.1, 0.15) is 5.76 Å². The largest absolute Gasteiger partial charge is 0.478 e. The van der Waals surface area contributed by atoms with Gasteiger partial charge in [-0.1, -0.05) is 43.3 Å². The maximum Gasteiger partial charge on any atom is 0.210 e. The van der Waals surface area contributed by atoms with Crippen molar-refractivity contribution in [2.75, 3.05) is 5.73 Å². The average Bonchev–Trinajstić information content (AvgIpc) is 2.87. The molecule has 2 unspecified atom stereocenters. The average molecular weight is 371 g/mol. The van der Waals surface area contributed by atoms with Crippen LogP contribution in [-0.2, 0) is 26.4 Å². The molecule has 0 amide bonds. The number of hydrogen-bond acceptors (Lipinski definition) is 4. The Kier molecular flexibility index (Phi) is 4.98. The maximum absolute atomic E-state index is 13.1. The fraction of sp³-hybridized carbons (Fsp3) is 0.250. The van der Waals surface area contributed by atoms with Crippen LogP contribution in [0.3, 0.4) is 0 Å². The van der Waals surface area contributed by atoms with Gasteiger partial charge in [0.15, 0.2) is 16.7 Å². The highest BCUT2D eigenvalue weighted by atomic mass is 32.2. The Bertz CT molecular complexity index is 904. The number of rotatable bonds is 5. The molecule has 26 heavy (non-hydrogen) atoms. The van der Waals surface area contributed by atoms with E-state index in [1.165, 1.54) is 0 Å². The quantitative estimate of drug-likeness (QED) is 0.619. The molecule has 2 aromatic rings. The van der Waals surface area contributed by atoms with Crippen LogP contribution in [0.2, 0.25) is 0 Å². The van der Waals surface area contributed by atoms with Gasteiger partial charge >= 0.3 is 0 Å². The van der Waals surface area contributed by atoms with E-state index in [0.717, 1.165) is 16.7 Å². The molecule has 0 saturated heterocycles. The molecule has 3 rings (SSSR count). The van der Waals surface area contributed by atoms with Gasteiger partial charge in [-0.2, -0.15) is 0 Å². The first kappa shape index (κ1) is 18.4. The van der Waals surface area contributed by atoms with E-state index in [4.69, 9.17) is 15.0 Å². The van der Waals surface area contributed by atoms with Crippen LogP contribution in [0.5, 0.6) is 0 Å². The predicted octanol–water partition coefficient (Wildman–Crippen LogP) is 3.63. The first-order valence-electron chi connectivity index (χ1n) is 8.35. The van der Waals surface area contributed by atoms with Gasteiger partial charge in [-0.05, 0) is 36.6 Å². The summed E-state index contributed by atoms with van der Waals surface area (Å²) < 4.78 is 26.1. The second-order valence-corrected chi connectivity index (χ2v) is 7.44. The van der Waals surface area contributed by atoms with Crippen molar-refractivity contribution < 1.29 is 18.3 Å². The Balaban J connectivity index is 2.10. The zero-order chi connectivity index (χ0) is 18.9. The van der Waals surface area contributed by atoms with Crippen LogP contribution in [0.4, 0.5) is 5.69 Å². The van der Waals surface area contributed by atoms with E-state index >= 15 is 0 Å². The van der Waals surface area contributed by atoms with E-state index in [0.29, 0.717) is 23.4 Å². The molecule has 1 heterocycles. The van der Waals surface area contributed by atoms with E-state index in [1.54, 1.807) is 43.3 Å². The zero-order valence-electron chi connectivity index (χ0n) is 14.7. The molecule has 2 aromatic carbocycles. The molecule has 3 N–H and O–H groups in total. The Morgan fingerprint density at radius 1 is 1.15 bits per heavy atom. The second kappa shape index (κ2) is 7.05. The summed E-state index contributed by atoms with van der Waals surface area (Å²) in [6.45, 7) is 3.70. The summed E-state index contributed by atoms with van der Waals surface area (Å²) >= 11 is -1.90. The van der Waals surface area contributed by atoms with Crippen LogP contribution in [0.1, 0.15) is 37.0 Å². The first-order chi connectivity index (χ1) is 12.3. The van der Waals surface area contributed by atoms with E-state index in [-0.39, 0.29) is 11.5 Å². The Labute approximate surface area is 155 Å². The minimum atomic E-state index is -1.90. The maximum atomic E-state index is 13.1. The summed E-state index contributed by atoms with van der Waals surface area (Å²) in [5.41, 5.74) is 8.28. The number of Topliss-reactive ketones (excluding diaryl/α,β-unsaturated/α-hetero) is 1. The van der Waals surface area contributed by atoms with Crippen molar-refractivity contribution in [3.63, 3.8) is 0 Å². The van der Waals surface area contributed by atoms with E-state index in [9.17, 15) is 9.00 Å². The molecule has 1 aliphatic heterocycles. The van der Waals surface area contributed by atoms with E-state index in [1.807, 2.05) is 19.1 Å². The lowest BCUT2D eigenvalue weighted by Crippen LogP contribution is -2.32. The number of carbonyl (C=O) groups is 1. The van der Waals surface area contributed by atoms with Crippen LogP contribution in [0.25, 0.3) is 11.3 Å². The Morgan fingerprint density at radius 3 is 2.42 bits per heavy atom. The van der Waals surface area contributed by atoms with Crippen LogP contribution >= 0.6 is 0 Å². The van der Waals surface area contributed by atoms with Crippen LogP contribution in [-0.4, -0.2) is 20.1 Å². The lowest BCUT2D eigenvalue weighted by Gasteiger charge is -2.21. The first-order valence-corrected chi connectivity index (χ1v) is 9.62. The van der Waals surface area contributed by atoms with Gasteiger partial charge in [0, 0.05) is 11.3 Å². The number of carbonyl (C=O) groups excluding carboxylic acids is 1. The van der Waals surface area contributed by atoms with Crippen molar-refractivity contribution in [1.82, 2.24) is 0 Å². The number of nitrogen functional groups attached to an aromatic ring is 1. The summed E-state index contributed by atoms with van der Waals surface area (Å²) in [5, 5.41) is 0. The highest BCUT2D eigenvalue weighted by Crippen LogP contribution is 2.43. The minimum absolute atomic E-state index is 0.0634. The molecular weight excluding hydrogens is 350 g/mol. The van der Waals surface area contributed by atoms with Gasteiger partial charge in [0.25, 0.3) is 0 Å². The van der Waals surface area contributed by atoms with E-state index in [2.05, 4.69) is 0 Å². The number of ketones is 1. The number of nitrogens with two attached hydrogens (primary N) is 1. The topological polar surface area (TPSA) is 89.6 Å². The molecule has 0 spiro atoms. The minimum Gasteiger partial charge on any atom is -0.478 e. The third kappa shape index (κ3) is 3.43. The summed E-state index contributed by atoms with van der Waals surface area (Å²) in [4.78, 5) is 13.1. The van der Waals surface area contributed by atoms with Crippen molar-refractivity contribution in [2.24, 2.45) is 0 Å². The normalized spacial score (nSPS) is 21.0. The number of anilines is 1. The van der Waals surface area contributed by atoms with Gasteiger partial charge in [-0.15, -0.1) is 0 Å². The SMILES string of the molecule is CCC1(C)OC(c2ccc(CS(=O)O)cc2)=C(c2cccc(N)c2)C1=O. The zero-order valence-corrected chi connectivity index (χ0v) is 15.5. The smallest absolute Gasteiger partial charge is 0.210 e. The highest BCUT2D eigenvalue weighted by Gasteiger charge is 2.45.